The van der Waals surface area contributed by atoms with Gasteiger partial charge < -0.3 is 40.1 Å². The van der Waals surface area contributed by atoms with Crippen LogP contribution in [0.5, 0.6) is 5.88 Å². The van der Waals surface area contributed by atoms with Crippen LogP contribution in [0.4, 0.5) is 4.79 Å². The molecule has 1 aliphatic carbocycles. The summed E-state index contributed by atoms with van der Waals surface area (Å²) in [6.07, 6.45) is 3.54. The van der Waals surface area contributed by atoms with E-state index < -0.39 is 24.1 Å². The number of carbonyl (C=O) groups is 6. The van der Waals surface area contributed by atoms with Gasteiger partial charge in [-0.2, -0.15) is 5.10 Å². The maximum Gasteiger partial charge on any atom is 0.527 e. The van der Waals surface area contributed by atoms with Crippen LogP contribution in [0.3, 0.4) is 0 Å². The third kappa shape index (κ3) is 10.5. The summed E-state index contributed by atoms with van der Waals surface area (Å²) in [7, 11) is 0. The fourth-order valence-corrected chi connectivity index (χ4v) is 6.24. The van der Waals surface area contributed by atoms with E-state index in [-0.39, 0.29) is 99.5 Å². The van der Waals surface area contributed by atoms with Gasteiger partial charge in [-0.3, -0.25) is 24.0 Å². The van der Waals surface area contributed by atoms with Gasteiger partial charge in [0.2, 0.25) is 23.6 Å². The van der Waals surface area contributed by atoms with E-state index in [0.717, 1.165) is 19.3 Å². The fraction of sp³-hybridized carbons (Fsp3) is 0.583. The van der Waals surface area contributed by atoms with Gasteiger partial charge in [-0.15, -0.1) is 5.06 Å². The van der Waals surface area contributed by atoms with Crippen molar-refractivity contribution in [1.82, 2.24) is 40.6 Å². The first kappa shape index (κ1) is 39.0. The van der Waals surface area contributed by atoms with Crippen molar-refractivity contribution in [2.24, 2.45) is 5.92 Å². The molecule has 0 radical (unpaired) electrons. The number of hydroxylamine groups is 2. The Morgan fingerprint density at radius 1 is 0.943 bits per heavy atom. The Hall–Kier alpha value is -5.19. The van der Waals surface area contributed by atoms with Crippen LogP contribution in [0.25, 0.3) is 5.69 Å². The van der Waals surface area contributed by atoms with Gasteiger partial charge in [0.15, 0.2) is 12.3 Å². The highest BCUT2D eigenvalue weighted by molar-refractivity contribution is 5.96. The van der Waals surface area contributed by atoms with Crippen LogP contribution in [0, 0.1) is 5.92 Å². The van der Waals surface area contributed by atoms with Gasteiger partial charge in [-0.05, 0) is 57.6 Å². The largest absolute Gasteiger partial charge is 0.527 e. The maximum atomic E-state index is 13.8. The molecule has 3 N–H and O–H groups in total. The van der Waals surface area contributed by atoms with E-state index in [1.54, 1.807) is 54.8 Å². The zero-order valence-electron chi connectivity index (χ0n) is 30.6. The smallest absolute Gasteiger partial charge is 0.467 e. The van der Waals surface area contributed by atoms with Crippen LogP contribution in [0.2, 0.25) is 0 Å². The Morgan fingerprint density at radius 3 is 2.34 bits per heavy atom. The van der Waals surface area contributed by atoms with Gasteiger partial charge in [0, 0.05) is 44.2 Å². The molecule has 17 nitrogen and oxygen atoms in total. The number of benzene rings is 1. The molecule has 0 spiro atoms. The molecule has 1 saturated carbocycles. The molecule has 17 heteroatoms. The minimum Gasteiger partial charge on any atom is -0.467 e. The van der Waals surface area contributed by atoms with Crippen LogP contribution in [-0.2, 0) is 28.8 Å². The Balaban J connectivity index is 1.27. The molecule has 3 fully saturated rings. The van der Waals surface area contributed by atoms with Crippen molar-refractivity contribution in [3.63, 3.8) is 0 Å². The minimum atomic E-state index is -1.03. The van der Waals surface area contributed by atoms with Crippen LogP contribution in [-0.4, -0.2) is 131 Å². The zero-order valence-corrected chi connectivity index (χ0v) is 30.6. The van der Waals surface area contributed by atoms with Gasteiger partial charge in [0.25, 0.3) is 11.8 Å². The molecule has 0 unspecified atom stereocenters. The number of carbonyl (C=O) groups excluding carboxylic acids is 6. The van der Waals surface area contributed by atoms with Crippen molar-refractivity contribution in [2.45, 2.75) is 77.4 Å². The summed E-state index contributed by atoms with van der Waals surface area (Å²) >= 11 is 0. The number of hydrogen-bond donors (Lipinski definition) is 3. The van der Waals surface area contributed by atoms with E-state index >= 15 is 0 Å². The Labute approximate surface area is 308 Å². The molecule has 2 aromatic rings. The molecule has 2 saturated heterocycles. The molecule has 53 heavy (non-hydrogen) atoms. The molecular weight excluding hydrogens is 688 g/mol. The maximum absolute atomic E-state index is 13.8. The summed E-state index contributed by atoms with van der Waals surface area (Å²) in [6, 6.07) is 8.91. The Morgan fingerprint density at radius 2 is 1.68 bits per heavy atom. The fourth-order valence-electron chi connectivity index (χ4n) is 6.24. The molecule has 3 aliphatic rings. The lowest BCUT2D eigenvalue weighted by atomic mass is 9.93. The topological polar surface area (TPSA) is 194 Å². The molecule has 2 aliphatic heterocycles. The SMILES string of the molecule is CCOC(=O)ON1CCN(C(=O)[C@H](CCNC(=O)C(C)C)NC(=O)c2cc(OCC(=O)N3CCC[C@H]3C(=O)NC3CCC3)n(-c3ccccc3)n2)CC1. The molecule has 288 valence electrons. The van der Waals surface area contributed by atoms with Crippen molar-refractivity contribution in [2.75, 3.05) is 52.5 Å². The van der Waals surface area contributed by atoms with Crippen molar-refractivity contribution in [3.8, 4) is 11.6 Å². The minimum absolute atomic E-state index is 0.0631. The van der Waals surface area contributed by atoms with Gasteiger partial charge in [-0.25, -0.2) is 9.48 Å². The first-order valence-corrected chi connectivity index (χ1v) is 18.4. The number of aromatic nitrogens is 2. The van der Waals surface area contributed by atoms with Gasteiger partial charge in [0.1, 0.15) is 12.1 Å². The van der Waals surface area contributed by atoms with Gasteiger partial charge in [0.05, 0.1) is 25.4 Å². The molecule has 2 atom stereocenters. The zero-order chi connectivity index (χ0) is 37.9. The van der Waals surface area contributed by atoms with Crippen LogP contribution in [0.1, 0.15) is 69.8 Å². The molecule has 5 rings (SSSR count). The third-order valence-corrected chi connectivity index (χ3v) is 9.46. The Bertz CT molecular complexity index is 1600. The highest BCUT2D eigenvalue weighted by Crippen LogP contribution is 2.24. The third-order valence-electron chi connectivity index (χ3n) is 9.46. The van der Waals surface area contributed by atoms with E-state index in [1.165, 1.54) is 15.8 Å². The second-order valence-electron chi connectivity index (χ2n) is 13.6. The predicted octanol–water partition coefficient (Wildman–Crippen LogP) is 1.40. The van der Waals surface area contributed by atoms with E-state index in [1.807, 2.05) is 6.07 Å². The average Bonchev–Trinajstić information content (AvgIpc) is 3.80. The highest BCUT2D eigenvalue weighted by atomic mass is 16.8. The number of piperazine rings is 1. The lowest BCUT2D eigenvalue weighted by Crippen LogP contribution is -2.55. The molecular formula is C36H50N8O9. The summed E-state index contributed by atoms with van der Waals surface area (Å²) in [4.78, 5) is 86.1. The first-order chi connectivity index (χ1) is 25.5. The molecule has 0 bridgehead atoms. The monoisotopic (exact) mass is 738 g/mol. The number of hydrogen-bond acceptors (Lipinski definition) is 11. The number of nitrogens with zero attached hydrogens (tertiary/aromatic N) is 5. The van der Waals surface area contributed by atoms with Gasteiger partial charge >= 0.3 is 6.16 Å². The second-order valence-corrected chi connectivity index (χ2v) is 13.6. The number of ether oxygens (including phenoxy) is 2. The Kier molecular flexibility index (Phi) is 13.6. The average molecular weight is 739 g/mol. The summed E-state index contributed by atoms with van der Waals surface area (Å²) in [5, 5.41) is 14.5. The second kappa shape index (κ2) is 18.5. The van der Waals surface area contributed by atoms with Crippen LogP contribution >= 0.6 is 0 Å². The normalized spacial score (nSPS) is 18.2. The summed E-state index contributed by atoms with van der Waals surface area (Å²) in [6.45, 7) is 6.45. The van der Waals surface area contributed by atoms with Crippen LogP contribution in [0.15, 0.2) is 36.4 Å². The lowest BCUT2D eigenvalue weighted by molar-refractivity contribution is -0.157. The van der Waals surface area contributed by atoms with Gasteiger partial charge in [-0.1, -0.05) is 32.0 Å². The van der Waals surface area contributed by atoms with Crippen molar-refractivity contribution in [3.05, 3.63) is 42.1 Å². The number of likely N-dealkylation sites (tertiary alicyclic amines) is 1. The van der Waals surface area contributed by atoms with E-state index in [9.17, 15) is 28.8 Å². The van der Waals surface area contributed by atoms with Crippen molar-refractivity contribution in [1.29, 1.82) is 0 Å². The van der Waals surface area contributed by atoms with E-state index in [0.29, 0.717) is 25.1 Å². The summed E-state index contributed by atoms with van der Waals surface area (Å²) in [5.74, 6) is -1.88. The molecule has 1 aromatic heterocycles. The number of amides is 5. The molecule has 1 aromatic carbocycles. The quantitative estimate of drug-likeness (QED) is 0.224. The molecule has 3 heterocycles. The lowest BCUT2D eigenvalue weighted by Gasteiger charge is -2.35. The van der Waals surface area contributed by atoms with Crippen molar-refractivity contribution >= 4 is 35.7 Å². The van der Waals surface area contributed by atoms with E-state index in [4.69, 9.17) is 14.3 Å². The standard InChI is InChI=1S/C36H50N8O9/c1-4-51-36(50)53-42-20-18-41(19-21-42)35(49)27(15-16-37-32(46)24(2)3)39-33(47)28-22-31(44(40-28)26-12-6-5-7-13-26)52-23-30(45)43-17-9-14-29(43)34(48)38-25-10-8-11-25/h5-7,12-13,22,24-25,27,29H,4,8-11,14-21,23H2,1-3H3,(H,37,46)(H,38,48)(H,39,47)/t27-,29-/m0/s1. The summed E-state index contributed by atoms with van der Waals surface area (Å²) in [5.41, 5.74) is 0.506. The molecule has 5 amide bonds. The predicted molar refractivity (Wildman–Crippen MR) is 190 cm³/mol. The summed E-state index contributed by atoms with van der Waals surface area (Å²) < 4.78 is 12.2. The van der Waals surface area contributed by atoms with Crippen molar-refractivity contribution < 1.29 is 43.1 Å². The highest BCUT2D eigenvalue weighted by Gasteiger charge is 2.36. The first-order valence-electron chi connectivity index (χ1n) is 18.4. The van der Waals surface area contributed by atoms with E-state index in [2.05, 4.69) is 21.0 Å². The number of nitrogens with one attached hydrogen (secondary N) is 3. The van der Waals surface area contributed by atoms with Crippen LogP contribution < -0.4 is 20.7 Å². The number of rotatable bonds is 15. The number of para-hydroxylation sites is 1.